The van der Waals surface area contributed by atoms with Crippen LogP contribution in [0, 0.1) is 0 Å². The van der Waals surface area contributed by atoms with E-state index in [1.165, 1.54) is 12.1 Å². The van der Waals surface area contributed by atoms with Crippen LogP contribution in [0.4, 0.5) is 13.2 Å². The molecular weight excluding hydrogens is 281 g/mol. The first-order chi connectivity index (χ1) is 9.86. The summed E-state index contributed by atoms with van der Waals surface area (Å²) in [7, 11) is 0. The van der Waals surface area contributed by atoms with Crippen molar-refractivity contribution in [3.8, 4) is 11.1 Å². The third-order valence-electron chi connectivity index (χ3n) is 2.83. The largest absolute Gasteiger partial charge is 0.478 e. The predicted molar refractivity (Wildman–Crippen MR) is 73.5 cm³/mol. The Morgan fingerprint density at radius 3 is 2.24 bits per heavy atom. The first-order valence-corrected chi connectivity index (χ1v) is 6.05. The second kappa shape index (κ2) is 5.83. The Morgan fingerprint density at radius 1 is 1.00 bits per heavy atom. The number of benzene rings is 2. The van der Waals surface area contributed by atoms with Gasteiger partial charge in [-0.1, -0.05) is 30.3 Å². The molecule has 0 fully saturated rings. The molecule has 0 unspecified atom stereocenters. The summed E-state index contributed by atoms with van der Waals surface area (Å²) in [5, 5.41) is 8.58. The lowest BCUT2D eigenvalue weighted by molar-refractivity contribution is -0.137. The van der Waals surface area contributed by atoms with Gasteiger partial charge in [0.25, 0.3) is 0 Å². The molecule has 2 aromatic carbocycles. The van der Waals surface area contributed by atoms with Crippen molar-refractivity contribution in [3.63, 3.8) is 0 Å². The fraction of sp³-hybridized carbons (Fsp3) is 0.0625. The molecule has 2 nitrogen and oxygen atoms in total. The molecule has 0 saturated heterocycles. The second-order valence-corrected chi connectivity index (χ2v) is 4.38. The minimum Gasteiger partial charge on any atom is -0.478 e. The predicted octanol–water partition coefficient (Wildman–Crippen LogP) is 4.47. The van der Waals surface area contributed by atoms with Gasteiger partial charge in [0.2, 0.25) is 0 Å². The SMILES string of the molecule is O=C(O)C=Cc1cccc(-c2cccc(C(F)(F)F)c2)c1. The summed E-state index contributed by atoms with van der Waals surface area (Å²) >= 11 is 0. The van der Waals surface area contributed by atoms with Crippen LogP contribution in [0.3, 0.4) is 0 Å². The topological polar surface area (TPSA) is 37.3 Å². The van der Waals surface area contributed by atoms with Crippen molar-refractivity contribution in [2.24, 2.45) is 0 Å². The minimum absolute atomic E-state index is 0.426. The third kappa shape index (κ3) is 3.95. The van der Waals surface area contributed by atoms with Gasteiger partial charge in [-0.15, -0.1) is 0 Å². The maximum atomic E-state index is 12.7. The number of carboxylic acid groups (broad SMARTS) is 1. The molecule has 5 heteroatoms. The molecule has 0 spiro atoms. The lowest BCUT2D eigenvalue weighted by atomic mass is 10.0. The van der Waals surface area contributed by atoms with Gasteiger partial charge in [-0.25, -0.2) is 4.79 Å². The fourth-order valence-corrected chi connectivity index (χ4v) is 1.86. The standard InChI is InChI=1S/C16H11F3O2/c17-16(18,19)14-6-2-5-13(10-14)12-4-1-3-11(9-12)7-8-15(20)21/h1-10H,(H,20,21). The Bertz CT molecular complexity index is 688. The molecule has 0 aliphatic heterocycles. The number of rotatable bonds is 3. The lowest BCUT2D eigenvalue weighted by Crippen LogP contribution is -2.04. The van der Waals surface area contributed by atoms with Crippen LogP contribution in [0.2, 0.25) is 0 Å². The first kappa shape index (κ1) is 14.8. The van der Waals surface area contributed by atoms with Gasteiger partial charge in [0.15, 0.2) is 0 Å². The summed E-state index contributed by atoms with van der Waals surface area (Å²) in [6.45, 7) is 0. The summed E-state index contributed by atoms with van der Waals surface area (Å²) < 4.78 is 38.1. The zero-order valence-electron chi connectivity index (χ0n) is 10.8. The highest BCUT2D eigenvalue weighted by Gasteiger charge is 2.30. The Hall–Kier alpha value is -2.56. The first-order valence-electron chi connectivity index (χ1n) is 6.05. The Morgan fingerprint density at radius 2 is 1.62 bits per heavy atom. The van der Waals surface area contributed by atoms with Crippen LogP contribution < -0.4 is 0 Å². The van der Waals surface area contributed by atoms with Gasteiger partial charge in [-0.05, 0) is 41.0 Å². The van der Waals surface area contributed by atoms with Crippen LogP contribution in [0.5, 0.6) is 0 Å². The second-order valence-electron chi connectivity index (χ2n) is 4.38. The van der Waals surface area contributed by atoms with Crippen LogP contribution in [0.15, 0.2) is 54.6 Å². The van der Waals surface area contributed by atoms with E-state index in [4.69, 9.17) is 5.11 Å². The van der Waals surface area contributed by atoms with E-state index >= 15 is 0 Å². The van der Waals surface area contributed by atoms with Gasteiger partial charge in [0.05, 0.1) is 5.56 Å². The van der Waals surface area contributed by atoms with Crippen molar-refractivity contribution >= 4 is 12.0 Å². The summed E-state index contributed by atoms with van der Waals surface area (Å²) in [6.07, 6.45) is -2.03. The van der Waals surface area contributed by atoms with Crippen LogP contribution in [-0.4, -0.2) is 11.1 Å². The average Bonchev–Trinajstić information content (AvgIpc) is 2.45. The van der Waals surface area contributed by atoms with Gasteiger partial charge in [-0.3, -0.25) is 0 Å². The van der Waals surface area contributed by atoms with E-state index in [0.29, 0.717) is 16.7 Å². The van der Waals surface area contributed by atoms with Crippen LogP contribution in [0.25, 0.3) is 17.2 Å². The quantitative estimate of drug-likeness (QED) is 0.847. The maximum absolute atomic E-state index is 12.7. The van der Waals surface area contributed by atoms with Gasteiger partial charge < -0.3 is 5.11 Å². The zero-order chi connectivity index (χ0) is 15.5. The van der Waals surface area contributed by atoms with E-state index < -0.39 is 17.7 Å². The summed E-state index contributed by atoms with van der Waals surface area (Å²) in [4.78, 5) is 10.5. The number of hydrogen-bond donors (Lipinski definition) is 1. The molecule has 2 rings (SSSR count). The Balaban J connectivity index is 2.39. The van der Waals surface area contributed by atoms with Gasteiger partial charge in [0.1, 0.15) is 0 Å². The monoisotopic (exact) mass is 292 g/mol. The van der Waals surface area contributed by atoms with Crippen molar-refractivity contribution < 1.29 is 23.1 Å². The third-order valence-corrected chi connectivity index (χ3v) is 2.83. The van der Waals surface area contributed by atoms with Crippen molar-refractivity contribution in [2.75, 3.05) is 0 Å². The summed E-state index contributed by atoms with van der Waals surface area (Å²) in [5.41, 5.74) is 0.905. The number of carbonyl (C=O) groups is 1. The fourth-order valence-electron chi connectivity index (χ4n) is 1.86. The van der Waals surface area contributed by atoms with E-state index in [0.717, 1.165) is 18.2 Å². The highest BCUT2D eigenvalue weighted by Crippen LogP contribution is 2.32. The number of alkyl halides is 3. The molecule has 0 aromatic heterocycles. The molecule has 0 saturated carbocycles. The molecule has 1 N–H and O–H groups in total. The van der Waals surface area contributed by atoms with E-state index in [1.54, 1.807) is 30.3 Å². The molecule has 0 amide bonds. The van der Waals surface area contributed by atoms with Crippen molar-refractivity contribution in [1.29, 1.82) is 0 Å². The van der Waals surface area contributed by atoms with Gasteiger partial charge in [-0.2, -0.15) is 13.2 Å². The van der Waals surface area contributed by atoms with Crippen LogP contribution in [-0.2, 0) is 11.0 Å². The van der Waals surface area contributed by atoms with Gasteiger partial charge in [0, 0.05) is 6.08 Å². The van der Waals surface area contributed by atoms with Crippen LogP contribution >= 0.6 is 0 Å². The molecule has 0 bridgehead atoms. The van der Waals surface area contributed by atoms with E-state index in [2.05, 4.69) is 0 Å². The zero-order valence-corrected chi connectivity index (χ0v) is 10.8. The molecule has 0 radical (unpaired) electrons. The molecule has 0 aliphatic carbocycles. The number of aliphatic carboxylic acids is 1. The molecule has 0 heterocycles. The number of hydrogen-bond acceptors (Lipinski definition) is 1. The van der Waals surface area contributed by atoms with E-state index in [9.17, 15) is 18.0 Å². The smallest absolute Gasteiger partial charge is 0.416 e. The molecule has 0 atom stereocenters. The maximum Gasteiger partial charge on any atom is 0.416 e. The molecular formula is C16H11F3O2. The van der Waals surface area contributed by atoms with Crippen molar-refractivity contribution in [3.05, 3.63) is 65.7 Å². The van der Waals surface area contributed by atoms with Crippen molar-refractivity contribution in [2.45, 2.75) is 6.18 Å². The molecule has 2 aromatic rings. The van der Waals surface area contributed by atoms with E-state index in [1.807, 2.05) is 0 Å². The molecule has 0 aliphatic rings. The summed E-state index contributed by atoms with van der Waals surface area (Å²) in [5.74, 6) is -1.08. The minimum atomic E-state index is -4.39. The highest BCUT2D eigenvalue weighted by molar-refractivity contribution is 5.85. The van der Waals surface area contributed by atoms with Gasteiger partial charge >= 0.3 is 12.1 Å². The van der Waals surface area contributed by atoms with Crippen LogP contribution in [0.1, 0.15) is 11.1 Å². The molecule has 21 heavy (non-hydrogen) atoms. The average molecular weight is 292 g/mol. The number of carboxylic acids is 1. The highest BCUT2D eigenvalue weighted by atomic mass is 19.4. The Labute approximate surface area is 119 Å². The van der Waals surface area contributed by atoms with Crippen molar-refractivity contribution in [1.82, 2.24) is 0 Å². The number of halogens is 3. The summed E-state index contributed by atoms with van der Waals surface area (Å²) in [6, 6.07) is 11.7. The normalized spacial score (nSPS) is 11.8. The van der Waals surface area contributed by atoms with E-state index in [-0.39, 0.29) is 0 Å². The Kier molecular flexibility index (Phi) is 4.12. The lowest BCUT2D eigenvalue weighted by Gasteiger charge is -2.09. The molecule has 108 valence electrons.